The zero-order valence-electron chi connectivity index (χ0n) is 16.4. The number of aromatic nitrogens is 3. The molecule has 1 aromatic rings. The molecule has 26 heavy (non-hydrogen) atoms. The van der Waals surface area contributed by atoms with Crippen molar-refractivity contribution in [3.05, 3.63) is 11.4 Å². The highest BCUT2D eigenvalue weighted by atomic mass is 16.2. The van der Waals surface area contributed by atoms with E-state index in [2.05, 4.69) is 34.8 Å². The third-order valence-corrected chi connectivity index (χ3v) is 7.37. The fourth-order valence-corrected chi connectivity index (χ4v) is 5.41. The van der Waals surface area contributed by atoms with E-state index >= 15 is 0 Å². The van der Waals surface area contributed by atoms with Gasteiger partial charge in [0.05, 0.1) is 11.4 Å². The van der Waals surface area contributed by atoms with Crippen molar-refractivity contribution in [2.75, 3.05) is 0 Å². The van der Waals surface area contributed by atoms with Gasteiger partial charge in [-0.2, -0.15) is 0 Å². The highest BCUT2D eigenvalue weighted by Crippen LogP contribution is 2.56. The van der Waals surface area contributed by atoms with Crippen molar-refractivity contribution >= 4 is 5.91 Å². The molecule has 0 bridgehead atoms. The Labute approximate surface area is 156 Å². The van der Waals surface area contributed by atoms with Crippen molar-refractivity contribution < 1.29 is 4.79 Å². The summed E-state index contributed by atoms with van der Waals surface area (Å²) < 4.78 is 1.98. The molecule has 0 saturated heterocycles. The van der Waals surface area contributed by atoms with Gasteiger partial charge in [0, 0.05) is 36.5 Å². The van der Waals surface area contributed by atoms with Crippen LogP contribution in [-0.2, 0) is 17.9 Å². The summed E-state index contributed by atoms with van der Waals surface area (Å²) in [6, 6.07) is 0.871. The lowest BCUT2D eigenvalue weighted by molar-refractivity contribution is -0.132. The van der Waals surface area contributed by atoms with Gasteiger partial charge in [-0.25, -0.2) is 4.68 Å². The molecular formula is C20H33N5O. The van der Waals surface area contributed by atoms with Crippen LogP contribution >= 0.6 is 0 Å². The molecule has 1 heterocycles. The molecule has 3 saturated carbocycles. The Bertz CT molecular complexity index is 665. The molecule has 4 unspecified atom stereocenters. The van der Waals surface area contributed by atoms with Crippen molar-refractivity contribution in [1.82, 2.24) is 25.6 Å². The van der Waals surface area contributed by atoms with E-state index in [0.717, 1.165) is 38.0 Å². The van der Waals surface area contributed by atoms with Crippen LogP contribution in [0.2, 0.25) is 0 Å². The Morgan fingerprint density at radius 2 is 2.08 bits per heavy atom. The third-order valence-electron chi connectivity index (χ3n) is 7.37. The first-order valence-electron chi connectivity index (χ1n) is 10.5. The van der Waals surface area contributed by atoms with E-state index in [9.17, 15) is 4.79 Å². The van der Waals surface area contributed by atoms with Crippen molar-refractivity contribution in [2.45, 2.75) is 90.9 Å². The quantitative estimate of drug-likeness (QED) is 0.819. The molecule has 1 amide bonds. The van der Waals surface area contributed by atoms with Crippen LogP contribution in [0.1, 0.15) is 70.2 Å². The summed E-state index contributed by atoms with van der Waals surface area (Å²) in [6.07, 6.45) is 8.17. The topological polar surface area (TPSA) is 71.8 Å². The molecule has 4 atom stereocenters. The van der Waals surface area contributed by atoms with Gasteiger partial charge in [-0.3, -0.25) is 4.79 Å². The molecule has 4 rings (SSSR count). The number of carbonyl (C=O) groups excluding carboxylic acids is 1. The van der Waals surface area contributed by atoms with Crippen LogP contribution < -0.4 is 10.6 Å². The van der Waals surface area contributed by atoms with E-state index in [-0.39, 0.29) is 11.3 Å². The SMILES string of the molecule is CCn1nnc(C)c1CNC1CC(NC(=O)C2CCC(C)C2)C12CCC2. The van der Waals surface area contributed by atoms with Crippen LogP contribution in [0.25, 0.3) is 0 Å². The van der Waals surface area contributed by atoms with Crippen LogP contribution in [0.3, 0.4) is 0 Å². The summed E-state index contributed by atoms with van der Waals surface area (Å²) in [4.78, 5) is 12.6. The highest BCUT2D eigenvalue weighted by molar-refractivity contribution is 5.79. The van der Waals surface area contributed by atoms with Crippen LogP contribution in [0.4, 0.5) is 0 Å². The van der Waals surface area contributed by atoms with E-state index < -0.39 is 0 Å². The Morgan fingerprint density at radius 3 is 2.69 bits per heavy atom. The number of amides is 1. The van der Waals surface area contributed by atoms with Gasteiger partial charge < -0.3 is 10.6 Å². The van der Waals surface area contributed by atoms with E-state index in [4.69, 9.17) is 0 Å². The summed E-state index contributed by atoms with van der Waals surface area (Å²) >= 11 is 0. The largest absolute Gasteiger partial charge is 0.352 e. The summed E-state index contributed by atoms with van der Waals surface area (Å²) in [7, 11) is 0. The second-order valence-electron chi connectivity index (χ2n) is 8.87. The van der Waals surface area contributed by atoms with Gasteiger partial charge in [0.15, 0.2) is 0 Å². The monoisotopic (exact) mass is 359 g/mol. The number of carbonyl (C=O) groups is 1. The summed E-state index contributed by atoms with van der Waals surface area (Å²) in [6.45, 7) is 8.07. The molecular weight excluding hydrogens is 326 g/mol. The number of nitrogens with one attached hydrogen (secondary N) is 2. The summed E-state index contributed by atoms with van der Waals surface area (Å²) in [5.41, 5.74) is 2.49. The lowest BCUT2D eigenvalue weighted by atomic mass is 9.49. The predicted molar refractivity (Wildman–Crippen MR) is 100 cm³/mol. The summed E-state index contributed by atoms with van der Waals surface area (Å²) in [5.74, 6) is 1.27. The first-order valence-corrected chi connectivity index (χ1v) is 10.5. The van der Waals surface area contributed by atoms with Gasteiger partial charge in [-0.1, -0.05) is 18.6 Å². The second kappa shape index (κ2) is 6.95. The molecule has 3 aliphatic carbocycles. The number of rotatable bonds is 6. The predicted octanol–water partition coefficient (Wildman–Crippen LogP) is 2.56. The van der Waals surface area contributed by atoms with Crippen LogP contribution in [0.15, 0.2) is 0 Å². The average molecular weight is 360 g/mol. The number of aryl methyl sites for hydroxylation is 2. The maximum absolute atomic E-state index is 12.6. The molecule has 0 aromatic carbocycles. The fourth-order valence-electron chi connectivity index (χ4n) is 5.41. The lowest BCUT2D eigenvalue weighted by Crippen LogP contribution is -2.71. The zero-order chi connectivity index (χ0) is 18.3. The van der Waals surface area contributed by atoms with E-state index in [1.807, 2.05) is 11.6 Å². The standard InChI is InChI=1S/C20H33N5O/c1-4-25-16(14(3)23-24-25)12-21-17-11-18(20(17)8-5-9-20)22-19(26)15-7-6-13(2)10-15/h13,15,17-18,21H,4-12H2,1-3H3,(H,22,26). The Morgan fingerprint density at radius 1 is 1.27 bits per heavy atom. The molecule has 2 N–H and O–H groups in total. The lowest BCUT2D eigenvalue weighted by Gasteiger charge is -2.62. The van der Waals surface area contributed by atoms with E-state index in [0.29, 0.717) is 23.9 Å². The minimum atomic E-state index is 0.252. The maximum Gasteiger partial charge on any atom is 0.223 e. The van der Waals surface area contributed by atoms with Gasteiger partial charge in [0.2, 0.25) is 5.91 Å². The van der Waals surface area contributed by atoms with Gasteiger partial charge in [-0.05, 0) is 58.3 Å². The molecule has 3 aliphatic rings. The third kappa shape index (κ3) is 2.96. The Balaban J connectivity index is 1.34. The molecule has 0 radical (unpaired) electrons. The van der Waals surface area contributed by atoms with Crippen LogP contribution in [-0.4, -0.2) is 33.0 Å². The first kappa shape index (κ1) is 18.0. The highest BCUT2D eigenvalue weighted by Gasteiger charge is 2.58. The molecule has 6 nitrogen and oxygen atoms in total. The van der Waals surface area contributed by atoms with Gasteiger partial charge in [0.1, 0.15) is 0 Å². The average Bonchev–Trinajstić information content (AvgIpc) is 3.14. The van der Waals surface area contributed by atoms with Gasteiger partial charge >= 0.3 is 0 Å². The van der Waals surface area contributed by atoms with Crippen LogP contribution in [0.5, 0.6) is 0 Å². The van der Waals surface area contributed by atoms with Gasteiger partial charge in [0.25, 0.3) is 0 Å². The van der Waals surface area contributed by atoms with E-state index in [1.54, 1.807) is 0 Å². The van der Waals surface area contributed by atoms with Gasteiger partial charge in [-0.15, -0.1) is 5.10 Å². The van der Waals surface area contributed by atoms with Crippen LogP contribution in [0, 0.1) is 24.2 Å². The number of nitrogens with zero attached hydrogens (tertiary/aromatic N) is 3. The van der Waals surface area contributed by atoms with Crippen molar-refractivity contribution in [2.24, 2.45) is 17.3 Å². The molecule has 1 aromatic heterocycles. The minimum Gasteiger partial charge on any atom is -0.352 e. The second-order valence-corrected chi connectivity index (χ2v) is 8.87. The smallest absolute Gasteiger partial charge is 0.223 e. The zero-order valence-corrected chi connectivity index (χ0v) is 16.4. The Hall–Kier alpha value is -1.43. The normalized spacial score (nSPS) is 32.3. The van der Waals surface area contributed by atoms with Crippen molar-refractivity contribution in [3.8, 4) is 0 Å². The summed E-state index contributed by atoms with van der Waals surface area (Å²) in [5, 5.41) is 15.6. The Kier molecular flexibility index (Phi) is 4.80. The minimum absolute atomic E-state index is 0.252. The molecule has 1 spiro atoms. The fraction of sp³-hybridized carbons (Fsp3) is 0.850. The molecule has 0 aliphatic heterocycles. The number of hydrogen-bond acceptors (Lipinski definition) is 4. The number of hydrogen-bond donors (Lipinski definition) is 2. The van der Waals surface area contributed by atoms with E-state index in [1.165, 1.54) is 31.4 Å². The molecule has 3 fully saturated rings. The van der Waals surface area contributed by atoms with Crippen molar-refractivity contribution in [3.63, 3.8) is 0 Å². The molecule has 144 valence electrons. The maximum atomic E-state index is 12.6. The molecule has 6 heteroatoms. The van der Waals surface area contributed by atoms with Crippen molar-refractivity contribution in [1.29, 1.82) is 0 Å². The first-order chi connectivity index (χ1) is 12.5.